The zero-order chi connectivity index (χ0) is 16.2. The van der Waals surface area contributed by atoms with Crippen molar-refractivity contribution in [1.29, 1.82) is 0 Å². The molecule has 0 bridgehead atoms. The van der Waals surface area contributed by atoms with Crippen LogP contribution in [0.4, 0.5) is 5.69 Å². The van der Waals surface area contributed by atoms with Crippen LogP contribution >= 0.6 is 0 Å². The standard InChI is InChI=1S/C18H25N3O2/c1-19-10-4-11-20(14-13-19)18(23)15-6-8-16(9-7-15)21-12-3-2-5-17(21)22/h6-9H,2-5,10-14H2,1H3. The number of rotatable bonds is 2. The summed E-state index contributed by atoms with van der Waals surface area (Å²) >= 11 is 0. The lowest BCUT2D eigenvalue weighted by Crippen LogP contribution is -2.35. The van der Waals surface area contributed by atoms with Crippen molar-refractivity contribution in [2.45, 2.75) is 25.7 Å². The second-order valence-electron chi connectivity index (χ2n) is 6.50. The molecule has 0 spiro atoms. The highest BCUT2D eigenvalue weighted by molar-refractivity contribution is 5.97. The molecule has 2 fully saturated rings. The molecule has 5 heteroatoms. The molecule has 2 amide bonds. The van der Waals surface area contributed by atoms with E-state index in [1.165, 1.54) is 0 Å². The first-order valence-corrected chi connectivity index (χ1v) is 8.53. The molecule has 0 atom stereocenters. The monoisotopic (exact) mass is 315 g/mol. The van der Waals surface area contributed by atoms with E-state index in [4.69, 9.17) is 0 Å². The van der Waals surface area contributed by atoms with Crippen molar-refractivity contribution in [3.8, 4) is 0 Å². The normalized spacial score (nSPS) is 20.5. The summed E-state index contributed by atoms with van der Waals surface area (Å²) in [5, 5.41) is 0. The summed E-state index contributed by atoms with van der Waals surface area (Å²) in [7, 11) is 2.10. The van der Waals surface area contributed by atoms with Crippen molar-refractivity contribution in [3.05, 3.63) is 29.8 Å². The molecule has 1 aromatic rings. The summed E-state index contributed by atoms with van der Waals surface area (Å²) in [4.78, 5) is 30.6. The first-order valence-electron chi connectivity index (χ1n) is 8.53. The molecule has 23 heavy (non-hydrogen) atoms. The maximum Gasteiger partial charge on any atom is 0.253 e. The zero-order valence-corrected chi connectivity index (χ0v) is 13.8. The topological polar surface area (TPSA) is 43.9 Å². The third-order valence-corrected chi connectivity index (χ3v) is 4.76. The molecular formula is C18H25N3O2. The smallest absolute Gasteiger partial charge is 0.253 e. The lowest BCUT2D eigenvalue weighted by Gasteiger charge is -2.27. The third kappa shape index (κ3) is 3.72. The maximum atomic E-state index is 12.6. The third-order valence-electron chi connectivity index (χ3n) is 4.76. The summed E-state index contributed by atoms with van der Waals surface area (Å²) in [6, 6.07) is 7.52. The van der Waals surface area contributed by atoms with Gasteiger partial charge in [0, 0.05) is 43.9 Å². The molecule has 0 N–H and O–H groups in total. The molecule has 5 nitrogen and oxygen atoms in total. The van der Waals surface area contributed by atoms with Crippen molar-refractivity contribution in [1.82, 2.24) is 9.80 Å². The van der Waals surface area contributed by atoms with E-state index in [2.05, 4.69) is 11.9 Å². The zero-order valence-electron chi connectivity index (χ0n) is 13.8. The lowest BCUT2D eigenvalue weighted by atomic mass is 10.1. The van der Waals surface area contributed by atoms with Gasteiger partial charge in [0.2, 0.25) is 5.91 Å². The summed E-state index contributed by atoms with van der Waals surface area (Å²) in [6.45, 7) is 4.34. The lowest BCUT2D eigenvalue weighted by molar-refractivity contribution is -0.119. The quantitative estimate of drug-likeness (QED) is 0.838. The maximum absolute atomic E-state index is 12.6. The molecule has 124 valence electrons. The molecule has 0 aliphatic carbocycles. The first kappa shape index (κ1) is 16.0. The van der Waals surface area contributed by atoms with Crippen molar-refractivity contribution in [3.63, 3.8) is 0 Å². The highest BCUT2D eigenvalue weighted by Crippen LogP contribution is 2.22. The average Bonchev–Trinajstić information content (AvgIpc) is 2.79. The van der Waals surface area contributed by atoms with Crippen LogP contribution < -0.4 is 4.90 Å². The number of hydrogen-bond acceptors (Lipinski definition) is 3. The van der Waals surface area contributed by atoms with E-state index in [0.717, 1.165) is 57.7 Å². The SMILES string of the molecule is CN1CCCN(C(=O)c2ccc(N3CCCCC3=O)cc2)CC1. The highest BCUT2D eigenvalue weighted by Gasteiger charge is 2.21. The van der Waals surface area contributed by atoms with E-state index in [-0.39, 0.29) is 11.8 Å². The van der Waals surface area contributed by atoms with Crippen molar-refractivity contribution >= 4 is 17.5 Å². The van der Waals surface area contributed by atoms with Gasteiger partial charge < -0.3 is 14.7 Å². The predicted octanol–water partition coefficient (Wildman–Crippen LogP) is 1.98. The molecular weight excluding hydrogens is 290 g/mol. The van der Waals surface area contributed by atoms with E-state index < -0.39 is 0 Å². The number of hydrogen-bond donors (Lipinski definition) is 0. The van der Waals surface area contributed by atoms with Gasteiger partial charge in [-0.05, 0) is 57.1 Å². The predicted molar refractivity (Wildman–Crippen MR) is 90.7 cm³/mol. The molecule has 1 aromatic carbocycles. The van der Waals surface area contributed by atoms with Crippen LogP contribution in [0.15, 0.2) is 24.3 Å². The van der Waals surface area contributed by atoms with E-state index in [1.807, 2.05) is 34.1 Å². The molecule has 0 unspecified atom stereocenters. The Kier molecular flexibility index (Phi) is 4.96. The Morgan fingerprint density at radius 3 is 2.43 bits per heavy atom. The van der Waals surface area contributed by atoms with Gasteiger partial charge in [-0.15, -0.1) is 0 Å². The van der Waals surface area contributed by atoms with Crippen LogP contribution in [0.2, 0.25) is 0 Å². The van der Waals surface area contributed by atoms with Crippen LogP contribution in [-0.2, 0) is 4.79 Å². The van der Waals surface area contributed by atoms with Gasteiger partial charge >= 0.3 is 0 Å². The fraction of sp³-hybridized carbons (Fsp3) is 0.556. The van der Waals surface area contributed by atoms with Gasteiger partial charge in [-0.25, -0.2) is 0 Å². The number of carbonyl (C=O) groups excluding carboxylic acids is 2. The second kappa shape index (κ2) is 7.13. The molecule has 0 radical (unpaired) electrons. The average molecular weight is 315 g/mol. The Morgan fingerprint density at radius 1 is 0.913 bits per heavy atom. The minimum Gasteiger partial charge on any atom is -0.337 e. The number of likely N-dealkylation sites (N-methyl/N-ethyl adjacent to an activating group) is 1. The number of nitrogens with zero attached hydrogens (tertiary/aromatic N) is 3. The van der Waals surface area contributed by atoms with E-state index in [0.29, 0.717) is 12.0 Å². The van der Waals surface area contributed by atoms with Gasteiger partial charge in [0.1, 0.15) is 0 Å². The van der Waals surface area contributed by atoms with Crippen molar-refractivity contribution in [2.75, 3.05) is 44.7 Å². The summed E-state index contributed by atoms with van der Waals surface area (Å²) < 4.78 is 0. The summed E-state index contributed by atoms with van der Waals surface area (Å²) in [5.41, 5.74) is 1.62. The molecule has 3 rings (SSSR count). The van der Waals surface area contributed by atoms with Crippen LogP contribution in [0.1, 0.15) is 36.0 Å². The number of amides is 2. The van der Waals surface area contributed by atoms with Gasteiger partial charge in [-0.3, -0.25) is 9.59 Å². The highest BCUT2D eigenvalue weighted by atomic mass is 16.2. The molecule has 0 aromatic heterocycles. The minimum absolute atomic E-state index is 0.0943. The van der Waals surface area contributed by atoms with Crippen LogP contribution in [0.25, 0.3) is 0 Å². The van der Waals surface area contributed by atoms with Gasteiger partial charge in [0.05, 0.1) is 0 Å². The van der Waals surface area contributed by atoms with Crippen LogP contribution in [0.3, 0.4) is 0 Å². The van der Waals surface area contributed by atoms with E-state index in [1.54, 1.807) is 0 Å². The second-order valence-corrected chi connectivity index (χ2v) is 6.50. The fourth-order valence-electron chi connectivity index (χ4n) is 3.30. The summed E-state index contributed by atoms with van der Waals surface area (Å²) in [6.07, 6.45) is 3.67. The number of piperidine rings is 1. The van der Waals surface area contributed by atoms with E-state index in [9.17, 15) is 9.59 Å². The Bertz CT molecular complexity index is 570. The molecule has 2 heterocycles. The largest absolute Gasteiger partial charge is 0.337 e. The Hall–Kier alpha value is -1.88. The minimum atomic E-state index is 0.0943. The number of carbonyl (C=O) groups is 2. The van der Waals surface area contributed by atoms with Gasteiger partial charge in [-0.2, -0.15) is 0 Å². The van der Waals surface area contributed by atoms with Crippen LogP contribution in [0.5, 0.6) is 0 Å². The van der Waals surface area contributed by atoms with Crippen molar-refractivity contribution < 1.29 is 9.59 Å². The van der Waals surface area contributed by atoms with Gasteiger partial charge in [-0.1, -0.05) is 0 Å². The van der Waals surface area contributed by atoms with E-state index >= 15 is 0 Å². The van der Waals surface area contributed by atoms with Gasteiger partial charge in [0.15, 0.2) is 0 Å². The fourth-order valence-corrected chi connectivity index (χ4v) is 3.30. The molecule has 2 aliphatic rings. The van der Waals surface area contributed by atoms with Crippen LogP contribution in [-0.4, -0.2) is 61.4 Å². The van der Waals surface area contributed by atoms with Gasteiger partial charge in [0.25, 0.3) is 5.91 Å². The number of benzene rings is 1. The molecule has 2 aliphatic heterocycles. The molecule has 2 saturated heterocycles. The Labute approximate surface area is 137 Å². The Morgan fingerprint density at radius 2 is 1.70 bits per heavy atom. The number of anilines is 1. The van der Waals surface area contributed by atoms with Crippen LogP contribution in [0, 0.1) is 0 Å². The Balaban J connectivity index is 1.68. The van der Waals surface area contributed by atoms with Crippen molar-refractivity contribution in [2.24, 2.45) is 0 Å². The first-order chi connectivity index (χ1) is 11.1. The summed E-state index contributed by atoms with van der Waals surface area (Å²) in [5.74, 6) is 0.280. The molecule has 0 saturated carbocycles.